The molecule has 120 valence electrons. The van der Waals surface area contributed by atoms with E-state index < -0.39 is 6.10 Å². The third-order valence-corrected chi connectivity index (χ3v) is 3.71. The predicted octanol–water partition coefficient (Wildman–Crippen LogP) is 2.78. The van der Waals surface area contributed by atoms with Crippen LogP contribution in [0.5, 0.6) is 0 Å². The van der Waals surface area contributed by atoms with Crippen LogP contribution >= 0.6 is 0 Å². The smallest absolute Gasteiger partial charge is 0.272 e. The van der Waals surface area contributed by atoms with Crippen molar-refractivity contribution in [3.8, 4) is 0 Å². The highest BCUT2D eigenvalue weighted by Gasteiger charge is 2.25. The molecule has 0 aliphatic rings. The monoisotopic (exact) mass is 295 g/mol. The molecule has 1 N–H and O–H groups in total. The van der Waals surface area contributed by atoms with E-state index in [0.717, 1.165) is 18.5 Å². The Morgan fingerprint density at radius 3 is 2.33 bits per heavy atom. The quantitative estimate of drug-likeness (QED) is 0.841. The van der Waals surface area contributed by atoms with Crippen molar-refractivity contribution in [2.75, 3.05) is 6.54 Å². The van der Waals surface area contributed by atoms with Gasteiger partial charge in [0.05, 0.1) is 17.8 Å². The van der Waals surface area contributed by atoms with E-state index in [1.807, 2.05) is 31.5 Å². The molecule has 5 heteroatoms. The second-order valence-electron chi connectivity index (χ2n) is 5.99. The van der Waals surface area contributed by atoms with Gasteiger partial charge in [-0.25, -0.2) is 0 Å². The number of aryl methyl sites for hydroxylation is 1. The van der Waals surface area contributed by atoms with E-state index in [2.05, 4.69) is 18.9 Å². The summed E-state index contributed by atoms with van der Waals surface area (Å²) in [5.41, 5.74) is 1.47. The topological polar surface area (TPSA) is 58.4 Å². The number of hydrogen-bond donors (Lipinski definition) is 1. The van der Waals surface area contributed by atoms with Crippen molar-refractivity contribution in [3.05, 3.63) is 17.5 Å². The summed E-state index contributed by atoms with van der Waals surface area (Å²) in [6, 6.07) is 2.12. The van der Waals surface area contributed by atoms with Crippen LogP contribution in [-0.4, -0.2) is 44.4 Å². The van der Waals surface area contributed by atoms with Crippen molar-refractivity contribution < 1.29 is 9.90 Å². The first-order chi connectivity index (χ1) is 9.81. The fourth-order valence-corrected chi connectivity index (χ4v) is 2.55. The fraction of sp³-hybridized carbons (Fsp3) is 0.750. The van der Waals surface area contributed by atoms with Crippen molar-refractivity contribution in [1.29, 1.82) is 0 Å². The van der Waals surface area contributed by atoms with Gasteiger partial charge in [-0.2, -0.15) is 5.10 Å². The first-order valence-electron chi connectivity index (χ1n) is 7.86. The zero-order valence-electron chi connectivity index (χ0n) is 14.1. The normalized spacial score (nSPS) is 13.0. The summed E-state index contributed by atoms with van der Waals surface area (Å²) in [5, 5.41) is 14.1. The van der Waals surface area contributed by atoms with E-state index in [4.69, 9.17) is 0 Å². The SMILES string of the molecule is CCC(CC)n1nc(C)cc1C(=O)N(CC(C)O)C(C)C. The summed E-state index contributed by atoms with van der Waals surface area (Å²) in [6.07, 6.45) is 1.34. The van der Waals surface area contributed by atoms with Gasteiger partial charge < -0.3 is 10.0 Å². The molecule has 0 aromatic carbocycles. The van der Waals surface area contributed by atoms with Gasteiger partial charge in [-0.3, -0.25) is 9.48 Å². The standard InChI is InChI=1S/C16H29N3O2/c1-7-14(8-2)19-15(9-12(5)17-19)16(21)18(11(3)4)10-13(6)20/h9,11,13-14,20H,7-8,10H2,1-6H3. The summed E-state index contributed by atoms with van der Waals surface area (Å²) >= 11 is 0. The van der Waals surface area contributed by atoms with Crippen molar-refractivity contribution >= 4 is 5.91 Å². The highest BCUT2D eigenvalue weighted by Crippen LogP contribution is 2.20. The fourth-order valence-electron chi connectivity index (χ4n) is 2.55. The van der Waals surface area contributed by atoms with Crippen LogP contribution in [0, 0.1) is 6.92 Å². The second kappa shape index (κ2) is 7.59. The maximum atomic E-state index is 12.8. The molecule has 21 heavy (non-hydrogen) atoms. The van der Waals surface area contributed by atoms with Crippen LogP contribution < -0.4 is 0 Å². The maximum Gasteiger partial charge on any atom is 0.272 e. The lowest BCUT2D eigenvalue weighted by Crippen LogP contribution is -2.42. The van der Waals surface area contributed by atoms with Gasteiger partial charge >= 0.3 is 0 Å². The minimum absolute atomic E-state index is 0.0393. The lowest BCUT2D eigenvalue weighted by molar-refractivity contribution is 0.0563. The van der Waals surface area contributed by atoms with Gasteiger partial charge in [0.2, 0.25) is 0 Å². The average Bonchev–Trinajstić information content (AvgIpc) is 2.78. The van der Waals surface area contributed by atoms with Crippen LogP contribution in [-0.2, 0) is 0 Å². The molecule has 0 saturated carbocycles. The molecule has 1 amide bonds. The van der Waals surface area contributed by atoms with Crippen molar-refractivity contribution in [2.45, 2.75) is 72.6 Å². The Balaban J connectivity index is 3.15. The van der Waals surface area contributed by atoms with Gasteiger partial charge in [-0.15, -0.1) is 0 Å². The van der Waals surface area contributed by atoms with Gasteiger partial charge in [-0.1, -0.05) is 13.8 Å². The van der Waals surface area contributed by atoms with Crippen molar-refractivity contribution in [1.82, 2.24) is 14.7 Å². The van der Waals surface area contributed by atoms with Crippen molar-refractivity contribution in [3.63, 3.8) is 0 Å². The molecule has 0 radical (unpaired) electrons. The number of aromatic nitrogens is 2. The lowest BCUT2D eigenvalue weighted by Gasteiger charge is -2.29. The van der Waals surface area contributed by atoms with Crippen LogP contribution in [0.4, 0.5) is 0 Å². The molecule has 0 aliphatic heterocycles. The van der Waals surface area contributed by atoms with E-state index in [0.29, 0.717) is 12.2 Å². The summed E-state index contributed by atoms with van der Waals surface area (Å²) in [7, 11) is 0. The minimum Gasteiger partial charge on any atom is -0.392 e. The van der Waals surface area contributed by atoms with Gasteiger partial charge in [0, 0.05) is 12.6 Å². The predicted molar refractivity (Wildman–Crippen MR) is 84.4 cm³/mol. The highest BCUT2D eigenvalue weighted by molar-refractivity contribution is 5.93. The number of amides is 1. The number of carbonyl (C=O) groups is 1. The molecule has 1 rings (SSSR count). The Morgan fingerprint density at radius 1 is 1.33 bits per heavy atom. The lowest BCUT2D eigenvalue weighted by atomic mass is 10.1. The Labute approximate surface area is 127 Å². The van der Waals surface area contributed by atoms with Gasteiger partial charge in [0.25, 0.3) is 5.91 Å². The number of rotatable bonds is 7. The summed E-state index contributed by atoms with van der Waals surface area (Å²) in [6.45, 7) is 12.1. The van der Waals surface area contributed by atoms with E-state index >= 15 is 0 Å². The second-order valence-corrected chi connectivity index (χ2v) is 5.99. The first-order valence-corrected chi connectivity index (χ1v) is 7.86. The largest absolute Gasteiger partial charge is 0.392 e. The molecule has 1 aromatic heterocycles. The van der Waals surface area contributed by atoms with Gasteiger partial charge in [0.1, 0.15) is 5.69 Å². The maximum absolute atomic E-state index is 12.8. The van der Waals surface area contributed by atoms with Crippen LogP contribution in [0.3, 0.4) is 0 Å². The molecule has 0 aliphatic carbocycles. The minimum atomic E-state index is -0.540. The number of hydrogen-bond acceptors (Lipinski definition) is 3. The van der Waals surface area contributed by atoms with E-state index in [-0.39, 0.29) is 18.0 Å². The van der Waals surface area contributed by atoms with Crippen molar-refractivity contribution in [2.24, 2.45) is 0 Å². The molecule has 1 atom stereocenters. The summed E-state index contributed by atoms with van der Waals surface area (Å²) in [5.74, 6) is -0.0570. The number of carbonyl (C=O) groups excluding carboxylic acids is 1. The zero-order chi connectivity index (χ0) is 16.2. The molecule has 1 unspecified atom stereocenters. The van der Waals surface area contributed by atoms with Crippen LogP contribution in [0.2, 0.25) is 0 Å². The van der Waals surface area contributed by atoms with Crippen LogP contribution in [0.15, 0.2) is 6.07 Å². The third kappa shape index (κ3) is 4.30. The summed E-state index contributed by atoms with van der Waals surface area (Å²) in [4.78, 5) is 14.6. The molecule has 0 bridgehead atoms. The molecule has 1 heterocycles. The molecular formula is C16H29N3O2. The zero-order valence-corrected chi connectivity index (χ0v) is 14.1. The Kier molecular flexibility index (Phi) is 6.40. The number of aliphatic hydroxyl groups excluding tert-OH is 1. The molecule has 5 nitrogen and oxygen atoms in total. The first kappa shape index (κ1) is 17.7. The molecule has 0 spiro atoms. The van der Waals surface area contributed by atoms with Gasteiger partial charge in [-0.05, 0) is 46.6 Å². The molecule has 0 saturated heterocycles. The molecular weight excluding hydrogens is 266 g/mol. The van der Waals surface area contributed by atoms with E-state index in [1.54, 1.807) is 11.8 Å². The Hall–Kier alpha value is -1.36. The number of nitrogens with zero attached hydrogens (tertiary/aromatic N) is 3. The third-order valence-electron chi connectivity index (χ3n) is 3.71. The molecule has 1 aromatic rings. The van der Waals surface area contributed by atoms with Crippen LogP contribution in [0.1, 0.15) is 69.7 Å². The number of aliphatic hydroxyl groups is 1. The van der Waals surface area contributed by atoms with E-state index in [9.17, 15) is 9.90 Å². The molecule has 0 fully saturated rings. The van der Waals surface area contributed by atoms with Gasteiger partial charge in [0.15, 0.2) is 0 Å². The highest BCUT2D eigenvalue weighted by atomic mass is 16.3. The summed E-state index contributed by atoms with van der Waals surface area (Å²) < 4.78 is 1.86. The Bertz CT molecular complexity index is 462. The average molecular weight is 295 g/mol. The Morgan fingerprint density at radius 2 is 1.90 bits per heavy atom. The van der Waals surface area contributed by atoms with Crippen LogP contribution in [0.25, 0.3) is 0 Å². The van der Waals surface area contributed by atoms with E-state index in [1.165, 1.54) is 0 Å².